The Morgan fingerprint density at radius 3 is 2.63 bits per heavy atom. The summed E-state index contributed by atoms with van der Waals surface area (Å²) >= 11 is 0. The average molecular weight is 364 g/mol. The SMILES string of the molecule is CCOc1ccc(NC(=O)C(C)n2nc(-c3cccnc3)ccc2=O)cc1. The first kappa shape index (κ1) is 18.3. The van der Waals surface area contributed by atoms with Crippen LogP contribution < -0.4 is 15.6 Å². The third-order valence-corrected chi connectivity index (χ3v) is 3.96. The van der Waals surface area contributed by atoms with Gasteiger partial charge in [-0.1, -0.05) is 0 Å². The van der Waals surface area contributed by atoms with E-state index in [0.29, 0.717) is 18.0 Å². The van der Waals surface area contributed by atoms with Crippen LogP contribution in [0.4, 0.5) is 5.69 Å². The number of anilines is 1. The van der Waals surface area contributed by atoms with E-state index in [1.807, 2.05) is 13.0 Å². The Balaban J connectivity index is 1.79. The minimum absolute atomic E-state index is 0.336. The van der Waals surface area contributed by atoms with Crippen molar-refractivity contribution < 1.29 is 9.53 Å². The number of carbonyl (C=O) groups is 1. The molecule has 0 spiro atoms. The fourth-order valence-electron chi connectivity index (χ4n) is 2.53. The van der Waals surface area contributed by atoms with Gasteiger partial charge >= 0.3 is 0 Å². The first-order valence-electron chi connectivity index (χ1n) is 8.62. The molecule has 1 atom stereocenters. The lowest BCUT2D eigenvalue weighted by Gasteiger charge is -2.15. The van der Waals surface area contributed by atoms with E-state index in [4.69, 9.17) is 4.74 Å². The fourth-order valence-corrected chi connectivity index (χ4v) is 2.53. The quantitative estimate of drug-likeness (QED) is 0.727. The highest BCUT2D eigenvalue weighted by Crippen LogP contribution is 2.18. The van der Waals surface area contributed by atoms with E-state index < -0.39 is 6.04 Å². The second-order valence-electron chi connectivity index (χ2n) is 5.87. The van der Waals surface area contributed by atoms with Crippen molar-refractivity contribution in [1.29, 1.82) is 0 Å². The highest BCUT2D eigenvalue weighted by atomic mass is 16.5. The smallest absolute Gasteiger partial charge is 0.267 e. The lowest BCUT2D eigenvalue weighted by atomic mass is 10.2. The maximum absolute atomic E-state index is 12.6. The standard InChI is InChI=1S/C20H20N4O3/c1-3-27-17-8-6-16(7-9-17)22-20(26)14(2)24-19(25)11-10-18(23-24)15-5-4-12-21-13-15/h4-14H,3H2,1-2H3,(H,22,26). The van der Waals surface area contributed by atoms with E-state index in [1.54, 1.807) is 55.7 Å². The second-order valence-corrected chi connectivity index (χ2v) is 5.87. The summed E-state index contributed by atoms with van der Waals surface area (Å²) in [4.78, 5) is 28.8. The third-order valence-electron chi connectivity index (χ3n) is 3.96. The number of amides is 1. The molecule has 27 heavy (non-hydrogen) atoms. The Kier molecular flexibility index (Phi) is 5.61. The second kappa shape index (κ2) is 8.27. The number of hydrogen-bond donors (Lipinski definition) is 1. The molecule has 0 saturated heterocycles. The normalized spacial score (nSPS) is 11.6. The molecule has 0 radical (unpaired) electrons. The zero-order valence-electron chi connectivity index (χ0n) is 15.1. The fraction of sp³-hybridized carbons (Fsp3) is 0.200. The van der Waals surface area contributed by atoms with Crippen molar-refractivity contribution in [2.45, 2.75) is 19.9 Å². The molecule has 2 heterocycles. The summed E-state index contributed by atoms with van der Waals surface area (Å²) in [6.45, 7) is 4.11. The maximum atomic E-state index is 12.6. The zero-order valence-corrected chi connectivity index (χ0v) is 15.1. The van der Waals surface area contributed by atoms with E-state index in [1.165, 1.54) is 10.7 Å². The first-order chi connectivity index (χ1) is 13.1. The summed E-state index contributed by atoms with van der Waals surface area (Å²) in [6.07, 6.45) is 3.31. The molecular weight excluding hydrogens is 344 g/mol. The van der Waals surface area contributed by atoms with Crippen LogP contribution in [0.25, 0.3) is 11.3 Å². The van der Waals surface area contributed by atoms with Crippen LogP contribution in [0.3, 0.4) is 0 Å². The minimum Gasteiger partial charge on any atom is -0.494 e. The Morgan fingerprint density at radius 1 is 1.19 bits per heavy atom. The van der Waals surface area contributed by atoms with Crippen LogP contribution in [0, 0.1) is 0 Å². The Hall–Kier alpha value is -3.48. The van der Waals surface area contributed by atoms with E-state index in [2.05, 4.69) is 15.4 Å². The van der Waals surface area contributed by atoms with E-state index in [-0.39, 0.29) is 11.5 Å². The molecule has 1 amide bonds. The number of rotatable bonds is 6. The summed E-state index contributed by atoms with van der Waals surface area (Å²) in [6, 6.07) is 12.9. The van der Waals surface area contributed by atoms with Crippen LogP contribution in [-0.4, -0.2) is 27.3 Å². The molecule has 0 aliphatic heterocycles. The molecular formula is C20H20N4O3. The van der Waals surface area contributed by atoms with Gasteiger partial charge in [-0.25, -0.2) is 4.68 Å². The van der Waals surface area contributed by atoms with Crippen LogP contribution in [0.15, 0.2) is 65.7 Å². The molecule has 7 heteroatoms. The molecule has 1 unspecified atom stereocenters. The van der Waals surface area contributed by atoms with Crippen LogP contribution >= 0.6 is 0 Å². The molecule has 1 aromatic carbocycles. The van der Waals surface area contributed by atoms with Crippen LogP contribution in [-0.2, 0) is 4.79 Å². The summed E-state index contributed by atoms with van der Waals surface area (Å²) in [5, 5.41) is 7.12. The molecule has 0 saturated carbocycles. The van der Waals surface area contributed by atoms with Gasteiger partial charge in [0.15, 0.2) is 0 Å². The predicted molar refractivity (Wildman–Crippen MR) is 103 cm³/mol. The summed E-state index contributed by atoms with van der Waals surface area (Å²) < 4.78 is 6.55. The van der Waals surface area contributed by atoms with Crippen molar-refractivity contribution in [1.82, 2.24) is 14.8 Å². The van der Waals surface area contributed by atoms with Crippen LogP contribution in [0.2, 0.25) is 0 Å². The Morgan fingerprint density at radius 2 is 1.96 bits per heavy atom. The van der Waals surface area contributed by atoms with Crippen LogP contribution in [0.5, 0.6) is 5.75 Å². The summed E-state index contributed by atoms with van der Waals surface area (Å²) in [5.41, 5.74) is 1.61. The van der Waals surface area contributed by atoms with E-state index in [9.17, 15) is 9.59 Å². The molecule has 0 aliphatic rings. The number of ether oxygens (including phenoxy) is 1. The zero-order chi connectivity index (χ0) is 19.2. The van der Waals surface area contributed by atoms with Crippen molar-refractivity contribution in [2.75, 3.05) is 11.9 Å². The number of hydrogen-bond acceptors (Lipinski definition) is 5. The maximum Gasteiger partial charge on any atom is 0.267 e. The number of nitrogens with zero attached hydrogens (tertiary/aromatic N) is 3. The molecule has 3 rings (SSSR count). The van der Waals surface area contributed by atoms with E-state index in [0.717, 1.165) is 11.3 Å². The van der Waals surface area contributed by atoms with Crippen molar-refractivity contribution in [3.8, 4) is 17.0 Å². The molecule has 0 bridgehead atoms. The first-order valence-corrected chi connectivity index (χ1v) is 8.62. The molecule has 7 nitrogen and oxygen atoms in total. The highest BCUT2D eigenvalue weighted by Gasteiger charge is 2.18. The largest absolute Gasteiger partial charge is 0.494 e. The lowest BCUT2D eigenvalue weighted by molar-refractivity contribution is -0.119. The van der Waals surface area contributed by atoms with Crippen molar-refractivity contribution >= 4 is 11.6 Å². The molecule has 138 valence electrons. The van der Waals surface area contributed by atoms with Crippen molar-refractivity contribution in [2.24, 2.45) is 0 Å². The van der Waals surface area contributed by atoms with Crippen LogP contribution in [0.1, 0.15) is 19.9 Å². The van der Waals surface area contributed by atoms with Gasteiger partial charge in [-0.05, 0) is 56.3 Å². The molecule has 3 aromatic rings. The monoisotopic (exact) mass is 364 g/mol. The van der Waals surface area contributed by atoms with Gasteiger partial charge in [0.25, 0.3) is 5.56 Å². The van der Waals surface area contributed by atoms with E-state index >= 15 is 0 Å². The Labute approximate surface area is 156 Å². The predicted octanol–water partition coefficient (Wildman–Crippen LogP) is 2.90. The third kappa shape index (κ3) is 4.38. The van der Waals surface area contributed by atoms with Gasteiger partial charge in [0.2, 0.25) is 5.91 Å². The van der Waals surface area contributed by atoms with Gasteiger partial charge in [-0.15, -0.1) is 0 Å². The number of pyridine rings is 1. The van der Waals surface area contributed by atoms with Gasteiger partial charge in [0.05, 0.1) is 12.3 Å². The number of benzene rings is 1. The number of aromatic nitrogens is 3. The number of nitrogens with one attached hydrogen (secondary N) is 1. The number of carbonyl (C=O) groups excluding carboxylic acids is 1. The van der Waals surface area contributed by atoms with Gasteiger partial charge < -0.3 is 10.1 Å². The Bertz CT molecular complexity index is 969. The summed E-state index contributed by atoms with van der Waals surface area (Å²) in [7, 11) is 0. The molecule has 0 fully saturated rings. The van der Waals surface area contributed by atoms with Crippen molar-refractivity contribution in [3.05, 3.63) is 71.3 Å². The molecule has 1 N–H and O–H groups in total. The van der Waals surface area contributed by atoms with Gasteiger partial charge in [0, 0.05) is 29.7 Å². The topological polar surface area (TPSA) is 86.1 Å². The molecule has 0 aliphatic carbocycles. The van der Waals surface area contributed by atoms with Crippen molar-refractivity contribution in [3.63, 3.8) is 0 Å². The lowest BCUT2D eigenvalue weighted by Crippen LogP contribution is -2.33. The highest BCUT2D eigenvalue weighted by molar-refractivity contribution is 5.93. The van der Waals surface area contributed by atoms with Gasteiger partial charge in [0.1, 0.15) is 11.8 Å². The average Bonchev–Trinajstić information content (AvgIpc) is 2.70. The molecule has 2 aromatic heterocycles. The van der Waals surface area contributed by atoms with Gasteiger partial charge in [-0.2, -0.15) is 5.10 Å². The van der Waals surface area contributed by atoms with Gasteiger partial charge in [-0.3, -0.25) is 14.6 Å². The summed E-state index contributed by atoms with van der Waals surface area (Å²) in [5.74, 6) is 0.391. The minimum atomic E-state index is -0.777.